The summed E-state index contributed by atoms with van der Waals surface area (Å²) in [6.07, 6.45) is 6.22. The molecule has 3 aliphatic rings. The van der Waals surface area contributed by atoms with Gasteiger partial charge in [0.25, 0.3) is 0 Å². The van der Waals surface area contributed by atoms with Gasteiger partial charge in [0.2, 0.25) is 5.91 Å². The van der Waals surface area contributed by atoms with Crippen molar-refractivity contribution < 1.29 is 9.53 Å². The maximum absolute atomic E-state index is 12.0. The third kappa shape index (κ3) is 4.09. The highest BCUT2D eigenvalue weighted by atomic mass is 16.5. The summed E-state index contributed by atoms with van der Waals surface area (Å²) in [5.41, 5.74) is 2.08. The van der Waals surface area contributed by atoms with E-state index < -0.39 is 0 Å². The molecule has 1 spiro atoms. The van der Waals surface area contributed by atoms with Crippen LogP contribution in [0.5, 0.6) is 6.01 Å². The Morgan fingerprint density at radius 2 is 2.05 bits per heavy atom. The normalized spacial score (nSPS) is 20.8. The van der Waals surface area contributed by atoms with Crippen LogP contribution in [-0.2, 0) is 4.79 Å². The number of rotatable bonds is 6. The number of ether oxygens (including phenoxy) is 1. The van der Waals surface area contributed by atoms with E-state index in [9.17, 15) is 10.1 Å². The van der Waals surface area contributed by atoms with E-state index in [1.807, 2.05) is 33.7 Å². The van der Waals surface area contributed by atoms with Gasteiger partial charge in [-0.15, -0.1) is 0 Å². The van der Waals surface area contributed by atoms with Crippen molar-refractivity contribution in [3.05, 3.63) is 48.8 Å². The minimum absolute atomic E-state index is 0.00575. The number of likely N-dealkylation sites (N-methyl/N-ethyl adjacent to an activating group) is 1. The molecule has 3 aromatic rings. The number of carbonyl (C=O) groups is 1. The first kappa shape index (κ1) is 23.4. The number of nitrogens with zero attached hydrogens (tertiary/aromatic N) is 8. The molecule has 0 saturated carbocycles. The quantitative estimate of drug-likeness (QED) is 0.478. The number of hydrogen-bond donors (Lipinski definition) is 0. The van der Waals surface area contributed by atoms with Crippen molar-refractivity contribution in [2.24, 2.45) is 5.41 Å². The van der Waals surface area contributed by atoms with Crippen LogP contribution in [0, 0.1) is 16.7 Å². The molecule has 6 rings (SSSR count). The van der Waals surface area contributed by atoms with Crippen molar-refractivity contribution in [3.8, 4) is 17.9 Å². The molecule has 1 aromatic carbocycles. The lowest BCUT2D eigenvalue weighted by molar-refractivity contribution is -0.136. The molecule has 3 saturated heterocycles. The van der Waals surface area contributed by atoms with E-state index in [0.29, 0.717) is 49.5 Å². The van der Waals surface area contributed by atoms with Gasteiger partial charge in [-0.3, -0.25) is 9.36 Å². The molecule has 37 heavy (non-hydrogen) atoms. The number of hydrogen-bond acceptors (Lipinski definition) is 8. The Bertz CT molecular complexity index is 1400. The minimum Gasteiger partial charge on any atom is -0.462 e. The highest BCUT2D eigenvalue weighted by molar-refractivity contribution is 5.87. The number of nitriles is 1. The van der Waals surface area contributed by atoms with Gasteiger partial charge in [-0.2, -0.15) is 15.2 Å². The first-order valence-corrected chi connectivity index (χ1v) is 12.7. The van der Waals surface area contributed by atoms with Crippen LogP contribution in [0.1, 0.15) is 24.8 Å². The molecule has 5 heterocycles. The zero-order valence-corrected chi connectivity index (χ0v) is 21.0. The number of benzene rings is 1. The Balaban J connectivity index is 1.36. The lowest BCUT2D eigenvalue weighted by Crippen LogP contribution is -2.59. The average Bonchev–Trinajstić information content (AvgIpc) is 3.64. The summed E-state index contributed by atoms with van der Waals surface area (Å²) in [7, 11) is 2.11. The van der Waals surface area contributed by atoms with Crippen LogP contribution in [0.4, 0.5) is 5.82 Å². The monoisotopic (exact) mass is 498 g/mol. The van der Waals surface area contributed by atoms with Crippen LogP contribution < -0.4 is 9.64 Å². The number of para-hydroxylation sites is 2. The minimum atomic E-state index is -0.0364. The number of amides is 1. The number of likely N-dealkylation sites (tertiary alicyclic amines) is 2. The zero-order valence-electron chi connectivity index (χ0n) is 21.0. The topological polar surface area (TPSA) is 103 Å². The molecule has 0 unspecified atom stereocenters. The van der Waals surface area contributed by atoms with E-state index >= 15 is 0 Å². The molecule has 190 valence electrons. The van der Waals surface area contributed by atoms with E-state index in [1.54, 1.807) is 6.33 Å². The van der Waals surface area contributed by atoms with Crippen molar-refractivity contribution in [2.75, 3.05) is 51.3 Å². The largest absolute Gasteiger partial charge is 0.462 e. The number of fused-ring (bicyclic) bond motifs is 1. The molecule has 10 heteroatoms. The van der Waals surface area contributed by atoms with Gasteiger partial charge in [-0.1, -0.05) is 18.7 Å². The molecule has 3 fully saturated rings. The van der Waals surface area contributed by atoms with Crippen LogP contribution in [0.15, 0.2) is 43.2 Å². The lowest BCUT2D eigenvalue weighted by Gasteiger charge is -2.47. The van der Waals surface area contributed by atoms with Crippen molar-refractivity contribution in [2.45, 2.75) is 25.3 Å². The van der Waals surface area contributed by atoms with Gasteiger partial charge in [-0.05, 0) is 51.1 Å². The molecular weight excluding hydrogens is 468 g/mol. The summed E-state index contributed by atoms with van der Waals surface area (Å²) in [6, 6.07) is 10.7. The molecule has 1 atom stereocenters. The SMILES string of the molecule is C=CC(=O)N1CC2(CCN(c3nc(OC[C@@H]4CCCN4C)nc(-n4cnc5ccccc54)c3C#N)C2)C1. The Morgan fingerprint density at radius 1 is 1.24 bits per heavy atom. The Labute approximate surface area is 215 Å². The number of anilines is 1. The molecule has 3 aliphatic heterocycles. The fraction of sp³-hybridized carbons (Fsp3) is 0.444. The predicted molar refractivity (Wildman–Crippen MR) is 139 cm³/mol. The van der Waals surface area contributed by atoms with Gasteiger partial charge >= 0.3 is 6.01 Å². The van der Waals surface area contributed by atoms with Gasteiger partial charge in [0.05, 0.1) is 11.0 Å². The molecule has 10 nitrogen and oxygen atoms in total. The van der Waals surface area contributed by atoms with Crippen LogP contribution in [0.25, 0.3) is 16.9 Å². The van der Waals surface area contributed by atoms with E-state index in [0.717, 1.165) is 43.4 Å². The van der Waals surface area contributed by atoms with Crippen molar-refractivity contribution in [1.29, 1.82) is 5.26 Å². The van der Waals surface area contributed by atoms with Crippen LogP contribution >= 0.6 is 0 Å². The second kappa shape index (κ2) is 9.16. The van der Waals surface area contributed by atoms with E-state index in [-0.39, 0.29) is 17.3 Å². The second-order valence-corrected chi connectivity index (χ2v) is 10.4. The van der Waals surface area contributed by atoms with Crippen LogP contribution in [0.3, 0.4) is 0 Å². The first-order valence-electron chi connectivity index (χ1n) is 12.7. The Morgan fingerprint density at radius 3 is 2.81 bits per heavy atom. The Kier molecular flexibility index (Phi) is 5.80. The van der Waals surface area contributed by atoms with Crippen molar-refractivity contribution >= 4 is 22.8 Å². The number of imidazole rings is 1. The first-order chi connectivity index (χ1) is 18.0. The van der Waals surface area contributed by atoms with Gasteiger partial charge in [0.15, 0.2) is 11.6 Å². The highest BCUT2D eigenvalue weighted by Gasteiger charge is 2.49. The third-order valence-electron chi connectivity index (χ3n) is 8.00. The standard InChI is InChI=1S/C27H30N8O2/c1-3-23(36)34-16-27(17-34)10-12-33(15-27)24-20(13-28)25(35-18-29-21-8-4-5-9-22(21)35)31-26(30-24)37-14-19-7-6-11-32(19)2/h3-5,8-9,18-19H,1,6-7,10-12,14-17H2,2H3/t19-/m0/s1. The maximum atomic E-state index is 12.0. The zero-order chi connectivity index (χ0) is 25.6. The van der Waals surface area contributed by atoms with Gasteiger partial charge in [0, 0.05) is 37.6 Å². The van der Waals surface area contributed by atoms with Gasteiger partial charge in [-0.25, -0.2) is 4.98 Å². The highest BCUT2D eigenvalue weighted by Crippen LogP contribution is 2.42. The molecular formula is C27H30N8O2. The fourth-order valence-electron chi connectivity index (χ4n) is 5.90. The molecule has 0 aliphatic carbocycles. The summed E-state index contributed by atoms with van der Waals surface area (Å²) in [6.45, 7) is 8.00. The molecule has 0 bridgehead atoms. The summed E-state index contributed by atoms with van der Waals surface area (Å²) in [5.74, 6) is 1.00. The number of carbonyl (C=O) groups excluding carboxylic acids is 1. The summed E-state index contributed by atoms with van der Waals surface area (Å²) >= 11 is 0. The molecule has 2 aromatic heterocycles. The molecule has 1 amide bonds. The van der Waals surface area contributed by atoms with Crippen molar-refractivity contribution in [3.63, 3.8) is 0 Å². The maximum Gasteiger partial charge on any atom is 0.320 e. The van der Waals surface area contributed by atoms with E-state index in [1.165, 1.54) is 6.08 Å². The Hall–Kier alpha value is -3.97. The van der Waals surface area contributed by atoms with Crippen LogP contribution in [-0.4, -0.2) is 87.6 Å². The van der Waals surface area contributed by atoms with E-state index in [4.69, 9.17) is 14.7 Å². The van der Waals surface area contributed by atoms with E-state index in [2.05, 4.69) is 34.5 Å². The van der Waals surface area contributed by atoms with Gasteiger partial charge in [0.1, 0.15) is 24.6 Å². The molecule has 0 radical (unpaired) electrons. The fourth-order valence-corrected chi connectivity index (χ4v) is 5.90. The van der Waals surface area contributed by atoms with Gasteiger partial charge < -0.3 is 19.4 Å². The summed E-state index contributed by atoms with van der Waals surface area (Å²) in [5, 5.41) is 10.3. The smallest absolute Gasteiger partial charge is 0.320 e. The third-order valence-corrected chi connectivity index (χ3v) is 8.00. The number of aromatic nitrogens is 4. The summed E-state index contributed by atoms with van der Waals surface area (Å²) < 4.78 is 8.01. The van der Waals surface area contributed by atoms with Crippen molar-refractivity contribution in [1.82, 2.24) is 29.3 Å². The average molecular weight is 499 g/mol. The van der Waals surface area contributed by atoms with Crippen LogP contribution in [0.2, 0.25) is 0 Å². The molecule has 0 N–H and O–H groups in total. The summed E-state index contributed by atoms with van der Waals surface area (Å²) in [4.78, 5) is 32.3. The lowest BCUT2D eigenvalue weighted by atomic mass is 9.79. The predicted octanol–water partition coefficient (Wildman–Crippen LogP) is 2.38. The second-order valence-electron chi connectivity index (χ2n) is 10.4.